The summed E-state index contributed by atoms with van der Waals surface area (Å²) in [6.07, 6.45) is 0.232. The molecule has 1 aromatic heterocycles. The molecule has 1 aliphatic rings. The van der Waals surface area contributed by atoms with Crippen LogP contribution < -0.4 is 25.8 Å². The molecule has 3 aromatic rings. The van der Waals surface area contributed by atoms with Gasteiger partial charge in [0, 0.05) is 44.0 Å². The van der Waals surface area contributed by atoms with E-state index in [0.29, 0.717) is 37.5 Å². The average Bonchev–Trinajstić information content (AvgIpc) is 2.84. The van der Waals surface area contributed by atoms with Crippen molar-refractivity contribution in [3.8, 4) is 11.5 Å². The quantitative estimate of drug-likeness (QED) is 0.566. The van der Waals surface area contributed by atoms with E-state index in [1.165, 1.54) is 14.2 Å². The molecular weight excluding hydrogens is 439 g/mol. The first-order valence-electron chi connectivity index (χ1n) is 11.0. The van der Waals surface area contributed by atoms with Crippen LogP contribution in [-0.4, -0.2) is 61.2 Å². The second-order valence-electron chi connectivity index (χ2n) is 8.32. The van der Waals surface area contributed by atoms with Crippen molar-refractivity contribution < 1.29 is 18.7 Å². The van der Waals surface area contributed by atoms with Crippen molar-refractivity contribution in [2.45, 2.75) is 19.4 Å². The van der Waals surface area contributed by atoms with Crippen LogP contribution in [0.25, 0.3) is 10.9 Å². The molecule has 2 aromatic carbocycles. The summed E-state index contributed by atoms with van der Waals surface area (Å²) in [5.41, 5.74) is 14.5. The van der Waals surface area contributed by atoms with Crippen molar-refractivity contribution in [3.05, 3.63) is 47.3 Å². The Morgan fingerprint density at radius 3 is 2.53 bits per heavy atom. The molecule has 9 nitrogen and oxygen atoms in total. The van der Waals surface area contributed by atoms with Gasteiger partial charge in [0.2, 0.25) is 11.9 Å². The van der Waals surface area contributed by atoms with Crippen LogP contribution in [0, 0.1) is 12.7 Å². The summed E-state index contributed by atoms with van der Waals surface area (Å²) in [5.74, 6) is -0.0465. The zero-order valence-electron chi connectivity index (χ0n) is 19.5. The molecule has 1 amide bonds. The molecule has 0 spiro atoms. The van der Waals surface area contributed by atoms with E-state index in [9.17, 15) is 4.79 Å². The normalized spacial score (nSPS) is 14.9. The summed E-state index contributed by atoms with van der Waals surface area (Å²) in [5, 5.41) is 0.345. The Balaban J connectivity index is 1.47. The van der Waals surface area contributed by atoms with E-state index >= 15 is 4.39 Å². The number of carbonyl (C=O) groups is 1. The highest BCUT2D eigenvalue weighted by Gasteiger charge is 2.26. The maximum Gasteiger partial charge on any atom is 0.228 e. The number of piperazine rings is 1. The van der Waals surface area contributed by atoms with Gasteiger partial charge in [0.05, 0.1) is 14.2 Å². The van der Waals surface area contributed by atoms with Crippen LogP contribution in [0.4, 0.5) is 16.2 Å². The molecule has 180 valence electrons. The number of fused-ring (bicyclic) bond motifs is 1. The van der Waals surface area contributed by atoms with Gasteiger partial charge in [0.1, 0.15) is 11.3 Å². The minimum absolute atomic E-state index is 0.00419. The standard InChI is InChI=1S/C24H29FN6O3/c1-14-5-4-6-15(11-14)17(26)13-19(32)30-7-9-31(10-8-30)24-28-21-16(23(27)29-24)12-18(33-2)22(34-3)20(21)25/h4-6,11-12,17H,7-10,13,26H2,1-3H3,(H2,27,28,29)/t17-/m1/s1. The van der Waals surface area contributed by atoms with Gasteiger partial charge in [-0.25, -0.2) is 9.37 Å². The number of halogens is 1. The molecule has 0 radical (unpaired) electrons. The summed E-state index contributed by atoms with van der Waals surface area (Å²) in [6, 6.07) is 9.08. The third kappa shape index (κ3) is 4.54. The SMILES string of the molecule is COc1cc2c(N)nc(N3CCN(C(=O)C[C@@H](N)c4cccc(C)c4)CC3)nc2c(F)c1OC. The number of hydrogen-bond acceptors (Lipinski definition) is 8. The summed E-state index contributed by atoms with van der Waals surface area (Å²) in [7, 11) is 2.78. The lowest BCUT2D eigenvalue weighted by atomic mass is 10.0. The molecule has 0 aliphatic carbocycles. The lowest BCUT2D eigenvalue weighted by molar-refractivity contribution is -0.131. The number of anilines is 2. The largest absolute Gasteiger partial charge is 0.493 e. The van der Waals surface area contributed by atoms with Crippen LogP contribution in [0.15, 0.2) is 30.3 Å². The Kier molecular flexibility index (Phi) is 6.69. The molecule has 0 saturated carbocycles. The van der Waals surface area contributed by atoms with E-state index in [4.69, 9.17) is 20.9 Å². The predicted molar refractivity (Wildman–Crippen MR) is 129 cm³/mol. The number of methoxy groups -OCH3 is 2. The summed E-state index contributed by atoms with van der Waals surface area (Å²) in [4.78, 5) is 25.3. The Bertz CT molecular complexity index is 1210. The number of nitrogens with two attached hydrogens (primary N) is 2. The molecule has 0 bridgehead atoms. The minimum Gasteiger partial charge on any atom is -0.493 e. The van der Waals surface area contributed by atoms with E-state index in [1.54, 1.807) is 11.0 Å². The molecule has 4 rings (SSSR count). The van der Waals surface area contributed by atoms with Crippen molar-refractivity contribution in [3.63, 3.8) is 0 Å². The van der Waals surface area contributed by atoms with Gasteiger partial charge in [-0.05, 0) is 18.6 Å². The van der Waals surface area contributed by atoms with Crippen molar-refractivity contribution in [1.82, 2.24) is 14.9 Å². The summed E-state index contributed by atoms with van der Waals surface area (Å²) >= 11 is 0. The molecule has 1 fully saturated rings. The highest BCUT2D eigenvalue weighted by Crippen LogP contribution is 2.37. The Labute approximate surface area is 197 Å². The van der Waals surface area contributed by atoms with Crippen LogP contribution >= 0.6 is 0 Å². The molecule has 34 heavy (non-hydrogen) atoms. The van der Waals surface area contributed by atoms with Gasteiger partial charge in [-0.3, -0.25) is 4.79 Å². The Morgan fingerprint density at radius 1 is 1.15 bits per heavy atom. The second kappa shape index (κ2) is 9.68. The predicted octanol–water partition coefficient (Wildman–Crippen LogP) is 2.42. The monoisotopic (exact) mass is 468 g/mol. The van der Waals surface area contributed by atoms with E-state index in [0.717, 1.165) is 11.1 Å². The first-order valence-corrected chi connectivity index (χ1v) is 11.0. The van der Waals surface area contributed by atoms with E-state index in [1.807, 2.05) is 36.1 Å². The molecule has 4 N–H and O–H groups in total. The van der Waals surface area contributed by atoms with Crippen LogP contribution in [0.1, 0.15) is 23.6 Å². The van der Waals surface area contributed by atoms with Gasteiger partial charge in [-0.2, -0.15) is 4.98 Å². The molecule has 0 unspecified atom stereocenters. The molecule has 2 heterocycles. The number of benzene rings is 2. The topological polar surface area (TPSA) is 120 Å². The summed E-state index contributed by atoms with van der Waals surface area (Å²) < 4.78 is 25.4. The average molecular weight is 469 g/mol. The lowest BCUT2D eigenvalue weighted by Gasteiger charge is -2.35. The maximum atomic E-state index is 15.1. The molecule has 1 aliphatic heterocycles. The number of amides is 1. The van der Waals surface area contributed by atoms with E-state index < -0.39 is 5.82 Å². The second-order valence-corrected chi connectivity index (χ2v) is 8.32. The number of carbonyl (C=O) groups excluding carboxylic acids is 1. The van der Waals surface area contributed by atoms with Crippen LogP contribution in [0.5, 0.6) is 11.5 Å². The number of hydrogen-bond donors (Lipinski definition) is 2. The van der Waals surface area contributed by atoms with Gasteiger partial charge in [-0.15, -0.1) is 0 Å². The fraction of sp³-hybridized carbons (Fsp3) is 0.375. The number of aryl methyl sites for hydroxylation is 1. The fourth-order valence-corrected chi connectivity index (χ4v) is 4.17. The number of rotatable bonds is 6. The Hall–Kier alpha value is -3.66. The third-order valence-electron chi connectivity index (χ3n) is 6.07. The van der Waals surface area contributed by atoms with E-state index in [2.05, 4.69) is 9.97 Å². The van der Waals surface area contributed by atoms with Crippen molar-refractivity contribution in [2.75, 3.05) is 51.0 Å². The fourth-order valence-electron chi connectivity index (χ4n) is 4.17. The highest BCUT2D eigenvalue weighted by atomic mass is 19.1. The van der Waals surface area contributed by atoms with Crippen molar-refractivity contribution >= 4 is 28.6 Å². The zero-order valence-corrected chi connectivity index (χ0v) is 19.5. The first kappa shape index (κ1) is 23.5. The van der Waals surface area contributed by atoms with Crippen LogP contribution in [-0.2, 0) is 4.79 Å². The maximum absolute atomic E-state index is 15.1. The highest BCUT2D eigenvalue weighted by molar-refractivity contribution is 5.92. The minimum atomic E-state index is -0.661. The molecule has 1 atom stereocenters. The number of nitrogens with zero attached hydrogens (tertiary/aromatic N) is 4. The van der Waals surface area contributed by atoms with Crippen molar-refractivity contribution in [1.29, 1.82) is 0 Å². The smallest absolute Gasteiger partial charge is 0.228 e. The number of aromatic nitrogens is 2. The zero-order chi connectivity index (χ0) is 24.4. The number of nitrogen functional groups attached to an aromatic ring is 1. The molecular formula is C24H29FN6O3. The lowest BCUT2D eigenvalue weighted by Crippen LogP contribution is -2.49. The van der Waals surface area contributed by atoms with Gasteiger partial charge in [0.25, 0.3) is 0 Å². The summed E-state index contributed by atoms with van der Waals surface area (Å²) in [6.45, 7) is 3.94. The first-order chi connectivity index (χ1) is 16.3. The van der Waals surface area contributed by atoms with Gasteiger partial charge in [-0.1, -0.05) is 29.8 Å². The van der Waals surface area contributed by atoms with E-state index in [-0.39, 0.29) is 41.2 Å². The van der Waals surface area contributed by atoms with Crippen molar-refractivity contribution in [2.24, 2.45) is 5.73 Å². The van der Waals surface area contributed by atoms with Gasteiger partial charge >= 0.3 is 0 Å². The number of ether oxygens (including phenoxy) is 2. The molecule has 1 saturated heterocycles. The van der Waals surface area contributed by atoms with Crippen LogP contribution in [0.3, 0.4) is 0 Å². The molecule has 10 heteroatoms. The third-order valence-corrected chi connectivity index (χ3v) is 6.07. The Morgan fingerprint density at radius 2 is 1.88 bits per heavy atom. The van der Waals surface area contributed by atoms with Gasteiger partial charge < -0.3 is 30.7 Å². The van der Waals surface area contributed by atoms with Crippen LogP contribution in [0.2, 0.25) is 0 Å². The van der Waals surface area contributed by atoms with Gasteiger partial charge in [0.15, 0.2) is 17.3 Å².